The fraction of sp³-hybridized carbons (Fsp3) is 0.417. The van der Waals surface area contributed by atoms with Gasteiger partial charge in [-0.3, -0.25) is 4.79 Å². The minimum absolute atomic E-state index is 0.103. The van der Waals surface area contributed by atoms with Crippen LogP contribution in [0.15, 0.2) is 54.6 Å². The number of anilines is 2. The Balaban J connectivity index is 1.31. The van der Waals surface area contributed by atoms with Gasteiger partial charge in [0, 0.05) is 23.0 Å². The van der Waals surface area contributed by atoms with Crippen LogP contribution in [0.3, 0.4) is 0 Å². The molecular formula is C24H28N6O. The van der Waals surface area contributed by atoms with Crippen molar-refractivity contribution in [3.05, 3.63) is 54.6 Å². The number of para-hydroxylation sites is 1. The SMILES string of the molecule is O=C(CNc1cccc(-c2nnnn2C2CC2)c1)N(c1ccccc1)C1CCCCC1. The number of benzene rings is 2. The summed E-state index contributed by atoms with van der Waals surface area (Å²) in [4.78, 5) is 15.3. The van der Waals surface area contributed by atoms with Crippen LogP contribution in [0.1, 0.15) is 51.0 Å². The molecule has 3 aromatic rings. The number of tetrazole rings is 1. The number of hydrogen-bond acceptors (Lipinski definition) is 5. The molecule has 1 N–H and O–H groups in total. The Kier molecular flexibility index (Phi) is 5.65. The topological polar surface area (TPSA) is 75.9 Å². The van der Waals surface area contributed by atoms with Gasteiger partial charge in [-0.05, 0) is 60.4 Å². The molecule has 0 saturated heterocycles. The van der Waals surface area contributed by atoms with Crippen molar-refractivity contribution in [1.82, 2.24) is 20.2 Å². The first-order valence-electron chi connectivity index (χ1n) is 11.3. The molecule has 0 unspecified atom stereocenters. The fourth-order valence-corrected chi connectivity index (χ4v) is 4.47. The van der Waals surface area contributed by atoms with Gasteiger partial charge in [-0.25, -0.2) is 4.68 Å². The lowest BCUT2D eigenvalue weighted by molar-refractivity contribution is -0.117. The van der Waals surface area contributed by atoms with Gasteiger partial charge in [0.1, 0.15) is 0 Å². The highest BCUT2D eigenvalue weighted by atomic mass is 16.2. The van der Waals surface area contributed by atoms with E-state index in [1.165, 1.54) is 19.3 Å². The predicted octanol–water partition coefficient (Wildman–Crippen LogP) is 4.45. The van der Waals surface area contributed by atoms with Gasteiger partial charge < -0.3 is 10.2 Å². The summed E-state index contributed by atoms with van der Waals surface area (Å²) in [5.74, 6) is 0.886. The lowest BCUT2D eigenvalue weighted by Gasteiger charge is -2.34. The fourth-order valence-electron chi connectivity index (χ4n) is 4.47. The van der Waals surface area contributed by atoms with Gasteiger partial charge in [0.05, 0.1) is 12.6 Å². The molecule has 1 heterocycles. The number of aromatic nitrogens is 4. The lowest BCUT2D eigenvalue weighted by atomic mass is 9.93. The maximum Gasteiger partial charge on any atom is 0.246 e. The second-order valence-corrected chi connectivity index (χ2v) is 8.50. The minimum Gasteiger partial charge on any atom is -0.376 e. The summed E-state index contributed by atoms with van der Waals surface area (Å²) in [6, 6.07) is 18.7. The summed E-state index contributed by atoms with van der Waals surface area (Å²) in [5.41, 5.74) is 2.84. The molecule has 7 nitrogen and oxygen atoms in total. The molecule has 2 saturated carbocycles. The molecular weight excluding hydrogens is 388 g/mol. The number of hydrogen-bond donors (Lipinski definition) is 1. The van der Waals surface area contributed by atoms with Crippen molar-refractivity contribution in [2.75, 3.05) is 16.8 Å². The number of nitrogens with zero attached hydrogens (tertiary/aromatic N) is 5. The third kappa shape index (κ3) is 4.45. The molecule has 0 atom stereocenters. The number of rotatable bonds is 7. The van der Waals surface area contributed by atoms with E-state index >= 15 is 0 Å². The molecule has 0 aliphatic heterocycles. The molecule has 31 heavy (non-hydrogen) atoms. The average molecular weight is 417 g/mol. The van der Waals surface area contributed by atoms with Crippen molar-refractivity contribution in [1.29, 1.82) is 0 Å². The lowest BCUT2D eigenvalue weighted by Crippen LogP contribution is -2.44. The van der Waals surface area contributed by atoms with Crippen molar-refractivity contribution >= 4 is 17.3 Å². The monoisotopic (exact) mass is 416 g/mol. The summed E-state index contributed by atoms with van der Waals surface area (Å²) in [6.07, 6.45) is 8.03. The second-order valence-electron chi connectivity index (χ2n) is 8.50. The van der Waals surface area contributed by atoms with Crippen LogP contribution in [-0.2, 0) is 4.79 Å². The molecule has 2 aliphatic carbocycles. The Morgan fingerprint density at radius 3 is 2.58 bits per heavy atom. The minimum atomic E-state index is 0.103. The first kappa shape index (κ1) is 19.7. The summed E-state index contributed by atoms with van der Waals surface area (Å²) in [5, 5.41) is 15.5. The van der Waals surface area contributed by atoms with E-state index in [-0.39, 0.29) is 18.5 Å². The van der Waals surface area contributed by atoms with Gasteiger partial charge in [0.2, 0.25) is 5.91 Å². The zero-order valence-corrected chi connectivity index (χ0v) is 17.7. The van der Waals surface area contributed by atoms with Crippen molar-refractivity contribution in [3.63, 3.8) is 0 Å². The van der Waals surface area contributed by atoms with Crippen LogP contribution < -0.4 is 10.2 Å². The third-order valence-corrected chi connectivity index (χ3v) is 6.19. The van der Waals surface area contributed by atoms with E-state index in [2.05, 4.69) is 20.8 Å². The molecule has 2 fully saturated rings. The Morgan fingerprint density at radius 2 is 1.81 bits per heavy atom. The van der Waals surface area contributed by atoms with Gasteiger partial charge in [0.25, 0.3) is 0 Å². The molecule has 1 amide bonds. The van der Waals surface area contributed by atoms with Gasteiger partial charge >= 0.3 is 0 Å². The molecule has 2 aromatic carbocycles. The van der Waals surface area contributed by atoms with Crippen molar-refractivity contribution in [2.24, 2.45) is 0 Å². The van der Waals surface area contributed by atoms with Crippen molar-refractivity contribution < 1.29 is 4.79 Å². The van der Waals surface area contributed by atoms with Gasteiger partial charge in [-0.1, -0.05) is 49.6 Å². The van der Waals surface area contributed by atoms with Crippen LogP contribution >= 0.6 is 0 Å². The third-order valence-electron chi connectivity index (χ3n) is 6.19. The maximum atomic E-state index is 13.3. The molecule has 160 valence electrons. The van der Waals surface area contributed by atoms with Gasteiger partial charge in [-0.2, -0.15) is 0 Å². The van der Waals surface area contributed by atoms with Crippen molar-refractivity contribution in [2.45, 2.75) is 57.0 Å². The summed E-state index contributed by atoms with van der Waals surface area (Å²) < 4.78 is 1.91. The average Bonchev–Trinajstić information content (AvgIpc) is 3.55. The van der Waals surface area contributed by atoms with Crippen LogP contribution in [0.25, 0.3) is 11.4 Å². The number of carbonyl (C=O) groups is 1. The van der Waals surface area contributed by atoms with Crippen molar-refractivity contribution in [3.8, 4) is 11.4 Å². The maximum absolute atomic E-state index is 13.3. The zero-order chi connectivity index (χ0) is 21.0. The standard InChI is InChI=1S/C24H28N6O/c31-23(29(20-10-3-1-4-11-20)21-12-5-2-6-13-21)17-25-19-9-7-8-18(16-19)24-26-27-28-30(24)22-14-15-22/h1,3-4,7-11,16,21-22,25H,2,5-6,12-15,17H2. The quantitative estimate of drug-likeness (QED) is 0.616. The van der Waals surface area contributed by atoms with Crippen LogP contribution in [-0.4, -0.2) is 38.7 Å². The van der Waals surface area contributed by atoms with E-state index in [0.29, 0.717) is 6.04 Å². The number of nitrogens with one attached hydrogen (secondary N) is 1. The van der Waals surface area contributed by atoms with Gasteiger partial charge in [0.15, 0.2) is 5.82 Å². The summed E-state index contributed by atoms with van der Waals surface area (Å²) in [6.45, 7) is 0.252. The first-order valence-corrected chi connectivity index (χ1v) is 11.3. The Labute approximate surface area is 182 Å². The van der Waals surface area contributed by atoms with Crippen LogP contribution in [0, 0.1) is 0 Å². The van der Waals surface area contributed by atoms with Crippen LogP contribution in [0.4, 0.5) is 11.4 Å². The molecule has 7 heteroatoms. The smallest absolute Gasteiger partial charge is 0.246 e. The highest BCUT2D eigenvalue weighted by molar-refractivity contribution is 5.96. The summed E-state index contributed by atoms with van der Waals surface area (Å²) in [7, 11) is 0. The first-order chi connectivity index (χ1) is 15.3. The largest absolute Gasteiger partial charge is 0.376 e. The van der Waals surface area contributed by atoms with Crippen LogP contribution in [0.2, 0.25) is 0 Å². The van der Waals surface area contributed by atoms with E-state index < -0.39 is 0 Å². The van der Waals surface area contributed by atoms with E-state index in [1.54, 1.807) is 0 Å². The van der Waals surface area contributed by atoms with Gasteiger partial charge in [-0.15, -0.1) is 5.10 Å². The highest BCUT2D eigenvalue weighted by Gasteiger charge is 2.29. The van der Waals surface area contributed by atoms with Crippen LogP contribution in [0.5, 0.6) is 0 Å². The molecule has 0 spiro atoms. The van der Waals surface area contributed by atoms with E-state index in [0.717, 1.165) is 48.4 Å². The molecule has 2 aliphatic rings. The second kappa shape index (κ2) is 8.88. The number of carbonyl (C=O) groups excluding carboxylic acids is 1. The molecule has 1 aromatic heterocycles. The molecule has 5 rings (SSSR count). The normalized spacial score (nSPS) is 16.8. The van der Waals surface area contributed by atoms with E-state index in [4.69, 9.17) is 0 Å². The predicted molar refractivity (Wildman–Crippen MR) is 121 cm³/mol. The Morgan fingerprint density at radius 1 is 1.00 bits per heavy atom. The molecule has 0 bridgehead atoms. The Bertz CT molecular complexity index is 1020. The van der Waals surface area contributed by atoms with E-state index in [1.807, 2.05) is 64.2 Å². The summed E-state index contributed by atoms with van der Waals surface area (Å²) >= 11 is 0. The highest BCUT2D eigenvalue weighted by Crippen LogP contribution is 2.36. The zero-order valence-electron chi connectivity index (χ0n) is 17.7. The van der Waals surface area contributed by atoms with E-state index in [9.17, 15) is 4.79 Å². The molecule has 0 radical (unpaired) electrons. The number of amides is 1. The Hall–Kier alpha value is -3.22.